The zero-order valence-electron chi connectivity index (χ0n) is 19.2. The Balaban J connectivity index is 1.70. The Morgan fingerprint density at radius 1 is 1.06 bits per heavy atom. The number of rotatable bonds is 5. The van der Waals surface area contributed by atoms with Crippen LogP contribution in [-0.4, -0.2) is 26.3 Å². The number of nitrogens with zero attached hydrogens (tertiary/aromatic N) is 1. The van der Waals surface area contributed by atoms with Gasteiger partial charge in [0, 0.05) is 13.1 Å². The van der Waals surface area contributed by atoms with Gasteiger partial charge in [-0.1, -0.05) is 54.1 Å². The van der Waals surface area contributed by atoms with Gasteiger partial charge in [-0.05, 0) is 73.0 Å². The molecule has 0 saturated carbocycles. The maximum absolute atomic E-state index is 14.3. The lowest BCUT2D eigenvalue weighted by molar-refractivity contribution is -0.125. The van der Waals surface area contributed by atoms with Crippen LogP contribution in [0.2, 0.25) is 0 Å². The van der Waals surface area contributed by atoms with Gasteiger partial charge in [-0.15, -0.1) is 0 Å². The second-order valence-corrected chi connectivity index (χ2v) is 10.9. The van der Waals surface area contributed by atoms with Gasteiger partial charge >= 0.3 is 0 Å². The molecular formula is C27H29FN2O2S. The van der Waals surface area contributed by atoms with Crippen molar-refractivity contribution >= 4 is 21.5 Å². The van der Waals surface area contributed by atoms with Gasteiger partial charge in [0.15, 0.2) is 0 Å². The fourth-order valence-corrected chi connectivity index (χ4v) is 7.06. The van der Waals surface area contributed by atoms with Crippen LogP contribution in [0.25, 0.3) is 0 Å². The lowest BCUT2D eigenvalue weighted by Gasteiger charge is -2.38. The minimum Gasteiger partial charge on any atom is -0.351 e. The minimum absolute atomic E-state index is 0.198. The summed E-state index contributed by atoms with van der Waals surface area (Å²) in [5.41, 5.74) is 5.69. The van der Waals surface area contributed by atoms with Crippen LogP contribution in [-0.2, 0) is 34.0 Å². The van der Waals surface area contributed by atoms with Crippen LogP contribution >= 0.6 is 0 Å². The lowest BCUT2D eigenvalue weighted by atomic mass is 9.95. The summed E-state index contributed by atoms with van der Waals surface area (Å²) >= 11 is 0. The van der Waals surface area contributed by atoms with Crippen LogP contribution in [0.1, 0.15) is 33.4 Å². The third-order valence-electron chi connectivity index (χ3n) is 6.17. The van der Waals surface area contributed by atoms with Crippen molar-refractivity contribution in [2.45, 2.75) is 51.2 Å². The molecule has 1 aliphatic rings. The summed E-state index contributed by atoms with van der Waals surface area (Å²) in [5, 5.41) is 2.92. The second-order valence-electron chi connectivity index (χ2n) is 8.78. The molecule has 4 nitrogen and oxygen atoms in total. The molecule has 2 atom stereocenters. The number of hydrogen-bond acceptors (Lipinski definition) is 2. The van der Waals surface area contributed by atoms with Crippen molar-refractivity contribution in [2.75, 3.05) is 0 Å². The largest absolute Gasteiger partial charge is 0.351 e. The first-order chi connectivity index (χ1) is 15.7. The predicted molar refractivity (Wildman–Crippen MR) is 132 cm³/mol. The first-order valence-corrected chi connectivity index (χ1v) is 12.7. The predicted octanol–water partition coefficient (Wildman–Crippen LogP) is 4.48. The summed E-state index contributed by atoms with van der Waals surface area (Å²) in [6, 6.07) is 17.4. The molecule has 0 saturated heterocycles. The van der Waals surface area contributed by atoms with Crippen molar-refractivity contribution in [1.82, 2.24) is 9.62 Å². The molecule has 4 rings (SSSR count). The molecular weight excluding hydrogens is 435 g/mol. The van der Waals surface area contributed by atoms with Crippen molar-refractivity contribution in [3.8, 4) is 0 Å². The van der Waals surface area contributed by atoms with Crippen LogP contribution < -0.4 is 5.32 Å². The third-order valence-corrected chi connectivity index (χ3v) is 8.59. The summed E-state index contributed by atoms with van der Waals surface area (Å²) in [6.07, 6.45) is 0.432. The smallest absolute Gasteiger partial charge is 0.238 e. The SMILES string of the molecule is C=S(=O)(c1c(C)cc(C)cc1C)N1Cc2ccccc2CC1C(=O)NCc1cccc(F)c1. The van der Waals surface area contributed by atoms with Crippen LogP contribution in [0, 0.1) is 26.6 Å². The summed E-state index contributed by atoms with van der Waals surface area (Å²) < 4.78 is 29.6. The Morgan fingerprint density at radius 3 is 2.39 bits per heavy atom. The van der Waals surface area contributed by atoms with Gasteiger partial charge in [0.25, 0.3) is 0 Å². The molecule has 3 aromatic rings. The number of carbonyl (C=O) groups excluding carboxylic acids is 1. The monoisotopic (exact) mass is 464 g/mol. The Labute approximate surface area is 195 Å². The van der Waals surface area contributed by atoms with Gasteiger partial charge in [0.2, 0.25) is 5.91 Å². The molecule has 0 aromatic heterocycles. The normalized spacial score (nSPS) is 17.8. The molecule has 0 bridgehead atoms. The van der Waals surface area contributed by atoms with Crippen molar-refractivity contribution in [3.63, 3.8) is 0 Å². The summed E-state index contributed by atoms with van der Waals surface area (Å²) in [5.74, 6) is 3.59. The summed E-state index contributed by atoms with van der Waals surface area (Å²) in [6.45, 7) is 6.45. The van der Waals surface area contributed by atoms with E-state index in [-0.39, 0.29) is 18.3 Å². The molecule has 0 aliphatic carbocycles. The number of benzene rings is 3. The van der Waals surface area contributed by atoms with Gasteiger partial charge in [-0.2, -0.15) is 0 Å². The molecule has 0 radical (unpaired) electrons. The number of fused-ring (bicyclic) bond motifs is 1. The Bertz CT molecular complexity index is 1290. The zero-order valence-corrected chi connectivity index (χ0v) is 20.0. The van der Waals surface area contributed by atoms with Crippen LogP contribution in [0.3, 0.4) is 0 Å². The van der Waals surface area contributed by atoms with E-state index in [1.54, 1.807) is 16.4 Å². The highest BCUT2D eigenvalue weighted by Crippen LogP contribution is 2.32. The number of nitrogens with one attached hydrogen (secondary N) is 1. The van der Waals surface area contributed by atoms with E-state index in [9.17, 15) is 13.4 Å². The van der Waals surface area contributed by atoms with E-state index in [0.29, 0.717) is 23.4 Å². The average Bonchev–Trinajstić information content (AvgIpc) is 2.75. The van der Waals surface area contributed by atoms with Crippen LogP contribution in [0.15, 0.2) is 65.6 Å². The van der Waals surface area contributed by atoms with E-state index >= 15 is 0 Å². The number of halogens is 1. The Morgan fingerprint density at radius 2 is 1.73 bits per heavy atom. The van der Waals surface area contributed by atoms with Crippen molar-refractivity contribution < 1.29 is 13.4 Å². The van der Waals surface area contributed by atoms with Gasteiger partial charge < -0.3 is 5.32 Å². The maximum atomic E-state index is 14.3. The molecule has 1 amide bonds. The fourth-order valence-electron chi connectivity index (χ4n) is 4.77. The van der Waals surface area contributed by atoms with Crippen molar-refractivity contribution in [3.05, 3.63) is 99.9 Å². The van der Waals surface area contributed by atoms with E-state index < -0.39 is 15.7 Å². The minimum atomic E-state index is -2.95. The Kier molecular flexibility index (Phi) is 6.41. The van der Waals surface area contributed by atoms with Gasteiger partial charge in [0.1, 0.15) is 11.9 Å². The summed E-state index contributed by atoms with van der Waals surface area (Å²) in [4.78, 5) is 14.1. The van der Waals surface area contributed by atoms with Crippen LogP contribution in [0.4, 0.5) is 4.39 Å². The highest BCUT2D eigenvalue weighted by atomic mass is 32.2. The van der Waals surface area contributed by atoms with Gasteiger partial charge in [-0.25, -0.2) is 12.9 Å². The van der Waals surface area contributed by atoms with E-state index in [1.807, 2.05) is 57.2 Å². The number of amides is 1. The second kappa shape index (κ2) is 9.12. The first kappa shape index (κ1) is 23.2. The molecule has 3 aromatic carbocycles. The molecule has 1 aliphatic heterocycles. The van der Waals surface area contributed by atoms with Gasteiger partial charge in [0.05, 0.1) is 14.6 Å². The lowest BCUT2D eigenvalue weighted by Crippen LogP contribution is -2.52. The molecule has 172 valence electrons. The molecule has 6 heteroatoms. The third kappa shape index (κ3) is 4.72. The number of aryl methyl sites for hydroxylation is 3. The van der Waals surface area contributed by atoms with Crippen LogP contribution in [0.5, 0.6) is 0 Å². The van der Waals surface area contributed by atoms with Crippen molar-refractivity contribution in [2.24, 2.45) is 0 Å². The zero-order chi connectivity index (χ0) is 23.8. The highest BCUT2D eigenvalue weighted by molar-refractivity contribution is 7.98. The van der Waals surface area contributed by atoms with Crippen molar-refractivity contribution in [1.29, 1.82) is 0 Å². The molecule has 1 heterocycles. The standard InChI is InChI=1S/C27H29FN2O2S/c1-18-12-19(2)26(20(3)13-18)33(4,32)30-17-23-10-6-5-9-22(23)15-25(30)27(31)29-16-21-8-7-11-24(28)14-21/h5-14,25H,4,15-17H2,1-3H3,(H,29,31). The molecule has 2 unspecified atom stereocenters. The molecule has 1 N–H and O–H groups in total. The molecule has 33 heavy (non-hydrogen) atoms. The number of carbonyl (C=O) groups is 1. The van der Waals surface area contributed by atoms with E-state index in [2.05, 4.69) is 11.2 Å². The fraction of sp³-hybridized carbons (Fsp3) is 0.259. The first-order valence-electron chi connectivity index (χ1n) is 11.0. The average molecular weight is 465 g/mol. The highest BCUT2D eigenvalue weighted by Gasteiger charge is 2.37. The topological polar surface area (TPSA) is 49.4 Å². The Hall–Kier alpha value is -2.96. The molecule has 0 spiro atoms. The van der Waals surface area contributed by atoms with Gasteiger partial charge in [-0.3, -0.25) is 4.79 Å². The van der Waals surface area contributed by atoms with E-state index in [4.69, 9.17) is 0 Å². The van der Waals surface area contributed by atoms with E-state index in [0.717, 1.165) is 27.8 Å². The number of hydrogen-bond donors (Lipinski definition) is 1. The maximum Gasteiger partial charge on any atom is 0.238 e. The van der Waals surface area contributed by atoms with E-state index in [1.165, 1.54) is 12.1 Å². The molecule has 0 fully saturated rings. The quantitative estimate of drug-likeness (QED) is 0.566. The summed E-state index contributed by atoms with van der Waals surface area (Å²) in [7, 11) is -2.95.